The molecule has 0 atom stereocenters. The molecule has 1 amide bonds. The van der Waals surface area contributed by atoms with Gasteiger partial charge in [-0.25, -0.2) is 10.0 Å². The van der Waals surface area contributed by atoms with Crippen molar-refractivity contribution in [2.45, 2.75) is 32.6 Å². The van der Waals surface area contributed by atoms with Crippen LogP contribution in [0.2, 0.25) is 0 Å². The Bertz CT molecular complexity index is 268. The number of hydroxylamine groups is 1. The van der Waals surface area contributed by atoms with E-state index in [4.69, 9.17) is 9.79 Å². The fraction of sp³-hybridized carbons (Fsp3) is 0.667. The molecule has 0 fully saturated rings. The first kappa shape index (κ1) is 19.6. The summed E-state index contributed by atoms with van der Waals surface area (Å²) in [5.41, 5.74) is 1.82. The molecule has 108 valence electrons. The van der Waals surface area contributed by atoms with Crippen molar-refractivity contribution >= 4 is 13.7 Å². The number of phosphoric acid groups is 1. The zero-order chi connectivity index (χ0) is 14.4. The summed E-state index contributed by atoms with van der Waals surface area (Å²) in [5.74, 6) is 3.97. The van der Waals surface area contributed by atoms with Gasteiger partial charge in [0.25, 0.3) is 5.91 Å². The highest BCUT2D eigenvalue weighted by Gasteiger charge is 2.11. The van der Waals surface area contributed by atoms with E-state index in [0.29, 0.717) is 0 Å². The lowest BCUT2D eigenvalue weighted by molar-refractivity contribution is -0.128. The molecule has 9 heteroatoms. The molecule has 0 heterocycles. The van der Waals surface area contributed by atoms with Gasteiger partial charge in [0.15, 0.2) is 0 Å². The summed E-state index contributed by atoms with van der Waals surface area (Å²) < 4.78 is 14.4. The maximum atomic E-state index is 10.1. The third kappa shape index (κ3) is 20.6. The Morgan fingerprint density at radius 1 is 1.44 bits per heavy atom. The third-order valence-corrected chi connectivity index (χ3v) is 2.12. The van der Waals surface area contributed by atoms with Gasteiger partial charge >= 0.3 is 7.82 Å². The van der Waals surface area contributed by atoms with Crippen LogP contribution in [0.5, 0.6) is 0 Å². The number of carbonyl (C=O) groups is 1. The molecule has 0 saturated carbocycles. The number of nitrogens with one attached hydrogen (secondary N) is 1. The lowest BCUT2D eigenvalue weighted by Gasteiger charge is -2.03. The van der Waals surface area contributed by atoms with Gasteiger partial charge in [0.2, 0.25) is 0 Å². The first-order valence-corrected chi connectivity index (χ1v) is 6.88. The van der Waals surface area contributed by atoms with Gasteiger partial charge in [0.1, 0.15) is 0 Å². The summed E-state index contributed by atoms with van der Waals surface area (Å²) in [6.07, 6.45) is 4.93. The number of rotatable bonds is 8. The fourth-order valence-electron chi connectivity index (χ4n) is 0.812. The molecule has 0 unspecified atom stereocenters. The number of amides is 1. The van der Waals surface area contributed by atoms with E-state index >= 15 is 0 Å². The normalized spacial score (nSPS) is 10.2. The summed E-state index contributed by atoms with van der Waals surface area (Å²) in [4.78, 5) is 30.2. The summed E-state index contributed by atoms with van der Waals surface area (Å²) >= 11 is 0. The molecule has 0 saturated heterocycles. The van der Waals surface area contributed by atoms with E-state index in [1.165, 1.54) is 0 Å². The molecule has 0 aromatic heterocycles. The van der Waals surface area contributed by atoms with E-state index in [-0.39, 0.29) is 6.61 Å². The largest absolute Gasteiger partial charge is 0.469 e. The van der Waals surface area contributed by atoms with Gasteiger partial charge in [-0.05, 0) is 12.5 Å². The smallest absolute Gasteiger partial charge is 0.303 e. The first-order chi connectivity index (χ1) is 8.37. The molecular weight excluding hydrogens is 263 g/mol. The molecule has 0 aromatic rings. The van der Waals surface area contributed by atoms with Crippen molar-refractivity contribution in [1.82, 2.24) is 5.48 Å². The first-order valence-electron chi connectivity index (χ1n) is 5.35. The van der Waals surface area contributed by atoms with Crippen molar-refractivity contribution in [3.05, 3.63) is 12.7 Å². The molecule has 0 rings (SSSR count). The van der Waals surface area contributed by atoms with Crippen LogP contribution in [-0.2, 0) is 18.8 Å². The van der Waals surface area contributed by atoms with E-state index in [9.17, 15) is 9.36 Å². The molecule has 0 radical (unpaired) electrons. The highest BCUT2D eigenvalue weighted by molar-refractivity contribution is 7.46. The lowest BCUT2D eigenvalue weighted by Crippen LogP contribution is -2.24. The quantitative estimate of drug-likeness (QED) is 0.224. The maximum absolute atomic E-state index is 10.1. The molecule has 0 aliphatic carbocycles. The van der Waals surface area contributed by atoms with Gasteiger partial charge in [-0.3, -0.25) is 9.32 Å². The lowest BCUT2D eigenvalue weighted by atomic mass is 10.2. The van der Waals surface area contributed by atoms with Crippen LogP contribution in [0.3, 0.4) is 0 Å². The molecule has 8 nitrogen and oxygen atoms in total. The monoisotopic (exact) mass is 284 g/mol. The Labute approximate surface area is 106 Å². The zero-order valence-corrected chi connectivity index (χ0v) is 11.3. The summed E-state index contributed by atoms with van der Waals surface area (Å²) in [5, 5.41) is 0. The standard InChI is InChI=1S/C6H15O4P.C3H6N2O2/c1-2-3-4-5-6-10-11(7,8)9;1-2-3(6)5-7-4/h2-6H2,1H3,(H2,7,8,9);2H,1,4H2,(H,5,6). The van der Waals surface area contributed by atoms with Crippen LogP contribution in [-0.4, -0.2) is 22.3 Å². The Morgan fingerprint density at radius 3 is 2.39 bits per heavy atom. The third-order valence-electron chi connectivity index (χ3n) is 1.60. The Morgan fingerprint density at radius 2 is 2.06 bits per heavy atom. The SMILES string of the molecule is C=CC(=O)NON.CCCCCCOP(=O)(O)O. The van der Waals surface area contributed by atoms with Gasteiger partial charge in [0.05, 0.1) is 6.61 Å². The Kier molecular flexibility index (Phi) is 13.8. The number of carbonyl (C=O) groups excluding carboxylic acids is 1. The van der Waals surface area contributed by atoms with Gasteiger partial charge < -0.3 is 9.79 Å². The predicted octanol–water partition coefficient (Wildman–Crippen LogP) is 0.770. The number of hydrogen-bond acceptors (Lipinski definition) is 5. The topological polar surface area (TPSA) is 131 Å². The molecular formula is C9H21N2O6P. The van der Waals surface area contributed by atoms with Crippen LogP contribution >= 0.6 is 7.82 Å². The summed E-state index contributed by atoms with van der Waals surface area (Å²) in [6, 6.07) is 0. The zero-order valence-electron chi connectivity index (χ0n) is 10.4. The van der Waals surface area contributed by atoms with Crippen molar-refractivity contribution in [1.29, 1.82) is 0 Å². The molecule has 0 aliphatic heterocycles. The molecule has 0 spiro atoms. The van der Waals surface area contributed by atoms with Crippen LogP contribution in [0.25, 0.3) is 0 Å². The highest BCUT2D eigenvalue weighted by Crippen LogP contribution is 2.35. The number of hydrogen-bond donors (Lipinski definition) is 4. The van der Waals surface area contributed by atoms with E-state index < -0.39 is 13.7 Å². The van der Waals surface area contributed by atoms with Crippen LogP contribution in [0, 0.1) is 0 Å². The molecule has 0 aliphatic rings. The van der Waals surface area contributed by atoms with Crippen LogP contribution < -0.4 is 11.4 Å². The number of nitrogens with two attached hydrogens (primary N) is 1. The van der Waals surface area contributed by atoms with Gasteiger partial charge in [-0.1, -0.05) is 32.8 Å². The van der Waals surface area contributed by atoms with Crippen molar-refractivity contribution in [3.8, 4) is 0 Å². The second-order valence-electron chi connectivity index (χ2n) is 3.17. The summed E-state index contributed by atoms with van der Waals surface area (Å²) in [6.45, 7) is 5.36. The van der Waals surface area contributed by atoms with Crippen molar-refractivity contribution in [2.24, 2.45) is 5.90 Å². The van der Waals surface area contributed by atoms with Crippen LogP contribution in [0.15, 0.2) is 12.7 Å². The number of phosphoric ester groups is 1. The Balaban J connectivity index is 0. The van der Waals surface area contributed by atoms with Gasteiger partial charge in [0, 0.05) is 0 Å². The Hall–Kier alpha value is -0.760. The minimum absolute atomic E-state index is 0.157. The van der Waals surface area contributed by atoms with Crippen molar-refractivity contribution < 1.29 is 28.6 Å². The van der Waals surface area contributed by atoms with Crippen LogP contribution in [0.1, 0.15) is 32.6 Å². The van der Waals surface area contributed by atoms with E-state index in [2.05, 4.69) is 28.9 Å². The molecule has 5 N–H and O–H groups in total. The minimum atomic E-state index is -4.21. The fourth-order valence-corrected chi connectivity index (χ4v) is 1.18. The van der Waals surface area contributed by atoms with Gasteiger partial charge in [-0.15, -0.1) is 0 Å². The van der Waals surface area contributed by atoms with Crippen molar-refractivity contribution in [3.63, 3.8) is 0 Å². The van der Waals surface area contributed by atoms with E-state index in [1.54, 1.807) is 0 Å². The average molecular weight is 284 g/mol. The average Bonchev–Trinajstić information content (AvgIpc) is 2.28. The van der Waals surface area contributed by atoms with E-state index in [1.807, 2.05) is 5.48 Å². The van der Waals surface area contributed by atoms with E-state index in [0.717, 1.165) is 31.8 Å². The minimum Gasteiger partial charge on any atom is -0.303 e. The van der Waals surface area contributed by atoms with Crippen LogP contribution in [0.4, 0.5) is 0 Å². The van der Waals surface area contributed by atoms with Gasteiger partial charge in [-0.2, -0.15) is 10.8 Å². The maximum Gasteiger partial charge on any atom is 0.469 e. The molecule has 18 heavy (non-hydrogen) atoms. The number of unbranched alkanes of at least 4 members (excludes halogenated alkanes) is 3. The second-order valence-corrected chi connectivity index (χ2v) is 4.41. The summed E-state index contributed by atoms with van der Waals surface area (Å²) in [7, 11) is -4.21. The molecule has 0 bridgehead atoms. The molecule has 0 aromatic carbocycles. The second kappa shape index (κ2) is 12.7. The van der Waals surface area contributed by atoms with Crippen molar-refractivity contribution in [2.75, 3.05) is 6.61 Å². The highest BCUT2D eigenvalue weighted by atomic mass is 31.2. The predicted molar refractivity (Wildman–Crippen MR) is 65.8 cm³/mol.